The van der Waals surface area contributed by atoms with Crippen molar-refractivity contribution in [1.29, 1.82) is 0 Å². The van der Waals surface area contributed by atoms with Crippen LogP contribution in [-0.4, -0.2) is 28.9 Å². The molecule has 0 heterocycles. The van der Waals surface area contributed by atoms with E-state index in [1.807, 2.05) is 0 Å². The van der Waals surface area contributed by atoms with Crippen LogP contribution < -0.4 is 0 Å². The van der Waals surface area contributed by atoms with Crippen molar-refractivity contribution in [2.75, 3.05) is 6.61 Å². The largest absolute Gasteiger partial charge is 0.481 e. The van der Waals surface area contributed by atoms with Crippen LogP contribution in [0, 0.1) is 5.92 Å². The Labute approximate surface area is 216 Å². The number of aliphatic carboxylic acids is 1. The summed E-state index contributed by atoms with van der Waals surface area (Å²) < 4.78 is 5.43. The first-order valence-electron chi connectivity index (χ1n) is 14.6. The summed E-state index contributed by atoms with van der Waals surface area (Å²) in [6.45, 7) is 4.91. The van der Waals surface area contributed by atoms with Crippen LogP contribution in [0.3, 0.4) is 0 Å². The molecule has 34 heavy (non-hydrogen) atoms. The molecule has 0 aliphatic heterocycles. The molecule has 202 valence electrons. The second-order valence-corrected chi connectivity index (χ2v) is 10.7. The van der Waals surface area contributed by atoms with Crippen molar-refractivity contribution in [3.8, 4) is 0 Å². The van der Waals surface area contributed by atoms with Gasteiger partial charge in [-0.3, -0.25) is 9.59 Å². The highest BCUT2D eigenvalue weighted by atomic mass is 32.1. The molecule has 0 spiro atoms. The number of esters is 1. The SMILES string of the molecule is CCCCCCCCCCCCOC(=O)C(S)C(CCCCCCCCCCCC)CC(=O)O. The van der Waals surface area contributed by atoms with Crippen LogP contribution in [0.25, 0.3) is 0 Å². The van der Waals surface area contributed by atoms with E-state index in [0.717, 1.165) is 32.1 Å². The van der Waals surface area contributed by atoms with Gasteiger partial charge in [0.05, 0.1) is 6.61 Å². The smallest absolute Gasteiger partial charge is 0.319 e. The third-order valence-corrected chi connectivity index (χ3v) is 7.43. The van der Waals surface area contributed by atoms with Crippen molar-refractivity contribution in [3.63, 3.8) is 0 Å². The van der Waals surface area contributed by atoms with E-state index >= 15 is 0 Å². The van der Waals surface area contributed by atoms with E-state index in [0.29, 0.717) is 6.61 Å². The maximum absolute atomic E-state index is 12.4. The first kappa shape index (κ1) is 33.3. The molecule has 0 aromatic heterocycles. The summed E-state index contributed by atoms with van der Waals surface area (Å²) in [7, 11) is 0. The molecule has 0 aliphatic rings. The number of hydrogen-bond donors (Lipinski definition) is 2. The lowest BCUT2D eigenvalue weighted by Gasteiger charge is -2.20. The molecule has 2 unspecified atom stereocenters. The van der Waals surface area contributed by atoms with E-state index in [4.69, 9.17) is 4.74 Å². The van der Waals surface area contributed by atoms with Crippen molar-refractivity contribution in [3.05, 3.63) is 0 Å². The van der Waals surface area contributed by atoms with Crippen LogP contribution in [0.5, 0.6) is 0 Å². The molecule has 0 saturated heterocycles. The standard InChI is InChI=1S/C29H56O4S/c1-3-5-7-9-11-13-15-17-19-21-23-26(25-27(30)31)28(34)29(32)33-24-22-20-18-16-14-12-10-8-6-4-2/h26,28,34H,3-25H2,1-2H3,(H,30,31). The lowest BCUT2D eigenvalue weighted by molar-refractivity contribution is -0.145. The van der Waals surface area contributed by atoms with Gasteiger partial charge >= 0.3 is 11.9 Å². The predicted octanol–water partition coefficient (Wildman–Crippen LogP) is 9.15. The lowest BCUT2D eigenvalue weighted by Crippen LogP contribution is -2.29. The molecule has 0 saturated carbocycles. The van der Waals surface area contributed by atoms with Gasteiger partial charge in [-0.05, 0) is 18.8 Å². The minimum atomic E-state index is -0.862. The maximum atomic E-state index is 12.4. The van der Waals surface area contributed by atoms with Crippen molar-refractivity contribution < 1.29 is 19.4 Å². The Morgan fingerprint density at radius 2 is 1.03 bits per heavy atom. The van der Waals surface area contributed by atoms with Gasteiger partial charge in [-0.1, -0.05) is 136 Å². The van der Waals surface area contributed by atoms with E-state index in [9.17, 15) is 14.7 Å². The predicted molar refractivity (Wildman–Crippen MR) is 148 cm³/mol. The summed E-state index contributed by atoms with van der Waals surface area (Å²) in [4.78, 5) is 23.7. The van der Waals surface area contributed by atoms with Gasteiger partial charge in [0.1, 0.15) is 5.25 Å². The molecule has 5 heteroatoms. The van der Waals surface area contributed by atoms with Gasteiger partial charge in [-0.15, -0.1) is 0 Å². The molecule has 4 nitrogen and oxygen atoms in total. The highest BCUT2D eigenvalue weighted by molar-refractivity contribution is 7.81. The summed E-state index contributed by atoms with van der Waals surface area (Å²) in [6, 6.07) is 0. The van der Waals surface area contributed by atoms with Crippen molar-refractivity contribution in [2.24, 2.45) is 5.92 Å². The molecule has 2 atom stereocenters. The lowest BCUT2D eigenvalue weighted by atomic mass is 9.93. The number of ether oxygens (including phenoxy) is 1. The van der Waals surface area contributed by atoms with Crippen molar-refractivity contribution in [1.82, 2.24) is 0 Å². The van der Waals surface area contributed by atoms with Crippen molar-refractivity contribution >= 4 is 24.6 Å². The number of carbonyl (C=O) groups is 2. The number of thiol groups is 1. The zero-order chi connectivity index (χ0) is 25.3. The van der Waals surface area contributed by atoms with Crippen molar-refractivity contribution in [2.45, 2.75) is 160 Å². The zero-order valence-electron chi connectivity index (χ0n) is 22.5. The van der Waals surface area contributed by atoms with Crippen LogP contribution in [0.15, 0.2) is 0 Å². The summed E-state index contributed by atoms with van der Waals surface area (Å²) in [5, 5.41) is 8.63. The van der Waals surface area contributed by atoms with E-state index in [2.05, 4.69) is 26.5 Å². The van der Waals surface area contributed by atoms with Crippen LogP contribution in [0.1, 0.15) is 155 Å². The number of unbranched alkanes of at least 4 members (excludes halogenated alkanes) is 18. The van der Waals surface area contributed by atoms with E-state index in [1.165, 1.54) is 103 Å². The fraction of sp³-hybridized carbons (Fsp3) is 0.931. The van der Waals surface area contributed by atoms with E-state index in [-0.39, 0.29) is 18.3 Å². The number of carboxylic acid groups (broad SMARTS) is 1. The summed E-state index contributed by atoms with van der Waals surface area (Å²) in [6.07, 6.45) is 25.6. The molecular weight excluding hydrogens is 444 g/mol. The quantitative estimate of drug-likeness (QED) is 0.0706. The Hall–Kier alpha value is -0.710. The number of hydrogen-bond acceptors (Lipinski definition) is 4. The minimum Gasteiger partial charge on any atom is -0.481 e. The van der Waals surface area contributed by atoms with Gasteiger partial charge < -0.3 is 9.84 Å². The summed E-state index contributed by atoms with van der Waals surface area (Å²) >= 11 is 4.46. The average Bonchev–Trinajstić information content (AvgIpc) is 2.82. The van der Waals surface area contributed by atoms with Gasteiger partial charge in [-0.2, -0.15) is 12.6 Å². The monoisotopic (exact) mass is 500 g/mol. The Morgan fingerprint density at radius 1 is 0.647 bits per heavy atom. The highest BCUT2D eigenvalue weighted by Crippen LogP contribution is 2.24. The molecule has 0 fully saturated rings. The first-order valence-corrected chi connectivity index (χ1v) is 15.1. The number of carbonyl (C=O) groups excluding carboxylic acids is 1. The van der Waals surface area contributed by atoms with E-state index < -0.39 is 11.2 Å². The normalized spacial score (nSPS) is 13.0. The molecule has 0 bridgehead atoms. The highest BCUT2D eigenvalue weighted by Gasteiger charge is 2.28. The topological polar surface area (TPSA) is 63.6 Å². The molecule has 0 rings (SSSR count). The number of carboxylic acids is 1. The maximum Gasteiger partial charge on any atom is 0.319 e. The Bertz CT molecular complexity index is 469. The first-order chi connectivity index (χ1) is 16.5. The van der Waals surface area contributed by atoms with Gasteiger partial charge in [0, 0.05) is 6.42 Å². The fourth-order valence-electron chi connectivity index (χ4n) is 4.53. The third kappa shape index (κ3) is 21.8. The minimum absolute atomic E-state index is 0.0149. The van der Waals surface area contributed by atoms with Gasteiger partial charge in [0.2, 0.25) is 0 Å². The van der Waals surface area contributed by atoms with Gasteiger partial charge in [0.25, 0.3) is 0 Å². The van der Waals surface area contributed by atoms with E-state index in [1.54, 1.807) is 0 Å². The van der Waals surface area contributed by atoms with Crippen LogP contribution in [0.4, 0.5) is 0 Å². The molecule has 1 N–H and O–H groups in total. The van der Waals surface area contributed by atoms with Crippen LogP contribution >= 0.6 is 12.6 Å². The fourth-order valence-corrected chi connectivity index (χ4v) is 4.86. The second-order valence-electron chi connectivity index (χ2n) is 10.1. The molecule has 0 aromatic rings. The Kier molecular flexibility index (Phi) is 24.9. The molecule has 0 aromatic carbocycles. The molecule has 0 radical (unpaired) electrons. The average molecular weight is 501 g/mol. The summed E-state index contributed by atoms with van der Waals surface area (Å²) in [5.41, 5.74) is 0. The zero-order valence-corrected chi connectivity index (χ0v) is 23.4. The molecule has 0 aliphatic carbocycles. The Balaban J connectivity index is 3.89. The molecule has 0 amide bonds. The van der Waals surface area contributed by atoms with Gasteiger partial charge in [0.15, 0.2) is 0 Å². The Morgan fingerprint density at radius 3 is 1.44 bits per heavy atom. The van der Waals surface area contributed by atoms with Crippen LogP contribution in [0.2, 0.25) is 0 Å². The third-order valence-electron chi connectivity index (χ3n) is 6.80. The number of rotatable bonds is 26. The van der Waals surface area contributed by atoms with Crippen LogP contribution in [-0.2, 0) is 14.3 Å². The second kappa shape index (κ2) is 25.4. The summed E-state index contributed by atoms with van der Waals surface area (Å²) in [5.74, 6) is -1.47. The molecular formula is C29H56O4S. The van der Waals surface area contributed by atoms with Gasteiger partial charge in [-0.25, -0.2) is 0 Å².